The summed E-state index contributed by atoms with van der Waals surface area (Å²) >= 11 is 0. The van der Waals surface area contributed by atoms with Gasteiger partial charge in [0.1, 0.15) is 0 Å². The van der Waals surface area contributed by atoms with Crippen molar-refractivity contribution in [3.8, 4) is 0 Å². The fraction of sp³-hybridized carbons (Fsp3) is 0. The second kappa shape index (κ2) is 28.3. The van der Waals surface area contributed by atoms with Crippen molar-refractivity contribution in [1.29, 1.82) is 0 Å². The highest BCUT2D eigenvalue weighted by molar-refractivity contribution is 6.07. The number of hydrogen-bond acceptors (Lipinski definition) is 6. The molecule has 19 aromatic carbocycles. The summed E-state index contributed by atoms with van der Waals surface area (Å²) in [5.41, 5.74) is 18.5. The molecule has 0 heterocycles. The van der Waals surface area contributed by atoms with Gasteiger partial charge in [0.05, 0.1) is 51.2 Å². The minimum absolute atomic E-state index is 0.946. The highest BCUT2D eigenvalue weighted by atomic mass is 15.2. The molecule has 0 N–H and O–H groups in total. The van der Waals surface area contributed by atoms with Gasteiger partial charge in [-0.3, -0.25) is 0 Å². The summed E-state index contributed by atoms with van der Waals surface area (Å²) in [7, 11) is 0. The standard InChI is InChI=1S/C102H72N6/c1-4-40-79(41-5-1)103(97-52-22-34-73-28-10-16-46-91(73)97)82-58-64-85(65-59-82)106(100-55-25-37-76-31-13-19-49-94(76)100)88-70-89(107(101-56-26-38-77-32-14-20-50-95(77)101)86-66-60-83(61-67-86)104(80-42-6-2-7-43-80)98-53-23-35-74-29-11-17-47-92(74)98)72-90(71-88)108(102-57-27-39-78-33-15-21-51-96(78)102)87-68-62-84(63-69-87)105(81-44-8-3-9-45-81)99-54-24-36-75-30-12-18-48-93(75)99/h1-72H. The number of nitrogens with zero attached hydrogens (tertiary/aromatic N) is 6. The molecule has 0 fully saturated rings. The quantitative estimate of drug-likeness (QED) is 0.0847. The van der Waals surface area contributed by atoms with E-state index in [4.69, 9.17) is 0 Å². The molecular weight excluding hydrogens is 1310 g/mol. The SMILES string of the molecule is c1ccc(N(c2ccc(N(c3cc(N(c4ccc(N(c5ccccc5)c5cccc6ccccc56)cc4)c4cccc5ccccc45)cc(N(c4ccc(N(c5ccccc5)c5cccc6ccccc56)cc4)c4cccc5ccccc45)c3)c3cccc4ccccc34)cc2)c2cccc3ccccc23)cc1. The molecule has 6 nitrogen and oxygen atoms in total. The van der Waals surface area contributed by atoms with E-state index >= 15 is 0 Å². The summed E-state index contributed by atoms with van der Waals surface area (Å²) in [6, 6.07) is 159. The largest absolute Gasteiger partial charge is 0.310 e. The Morgan fingerprint density at radius 2 is 0.241 bits per heavy atom. The molecule has 510 valence electrons. The molecule has 0 radical (unpaired) electrons. The zero-order valence-electron chi connectivity index (χ0n) is 59.3. The molecular formula is C102H72N6. The number of benzene rings is 19. The van der Waals surface area contributed by atoms with Crippen LogP contribution in [0.5, 0.6) is 0 Å². The Labute approximate surface area is 629 Å². The van der Waals surface area contributed by atoms with E-state index in [9.17, 15) is 0 Å². The zero-order chi connectivity index (χ0) is 71.7. The van der Waals surface area contributed by atoms with Crippen LogP contribution < -0.4 is 29.4 Å². The predicted octanol–water partition coefficient (Wildman–Crippen LogP) is 29.4. The topological polar surface area (TPSA) is 19.4 Å². The lowest BCUT2D eigenvalue weighted by Gasteiger charge is -2.34. The maximum Gasteiger partial charge on any atom is 0.0540 e. The summed E-state index contributed by atoms with van der Waals surface area (Å²) in [4.78, 5) is 14.6. The van der Waals surface area contributed by atoms with E-state index in [0.717, 1.165) is 135 Å². The number of para-hydroxylation sites is 3. The molecule has 0 aliphatic rings. The van der Waals surface area contributed by atoms with E-state index < -0.39 is 0 Å². The van der Waals surface area contributed by atoms with Gasteiger partial charge < -0.3 is 29.4 Å². The molecule has 0 unspecified atom stereocenters. The van der Waals surface area contributed by atoms with Crippen molar-refractivity contribution in [1.82, 2.24) is 0 Å². The summed E-state index contributed by atoms with van der Waals surface area (Å²) in [5, 5.41) is 13.8. The maximum absolute atomic E-state index is 2.47. The van der Waals surface area contributed by atoms with Crippen molar-refractivity contribution in [2.24, 2.45) is 0 Å². The van der Waals surface area contributed by atoms with E-state index in [-0.39, 0.29) is 0 Å². The smallest absolute Gasteiger partial charge is 0.0540 e. The van der Waals surface area contributed by atoms with Crippen LogP contribution in [-0.4, -0.2) is 0 Å². The third-order valence-corrected chi connectivity index (χ3v) is 20.8. The molecule has 0 saturated carbocycles. The second-order valence-corrected chi connectivity index (χ2v) is 27.3. The minimum atomic E-state index is 0.946. The third kappa shape index (κ3) is 12.1. The summed E-state index contributed by atoms with van der Waals surface area (Å²) in [6.07, 6.45) is 0. The molecule has 19 aromatic rings. The first kappa shape index (κ1) is 64.4. The first-order chi connectivity index (χ1) is 53.6. The van der Waals surface area contributed by atoms with Crippen LogP contribution in [0.2, 0.25) is 0 Å². The van der Waals surface area contributed by atoms with E-state index in [2.05, 4.69) is 466 Å². The van der Waals surface area contributed by atoms with Gasteiger partial charge in [0.2, 0.25) is 0 Å². The van der Waals surface area contributed by atoms with Crippen LogP contribution in [-0.2, 0) is 0 Å². The van der Waals surface area contributed by atoms with Crippen LogP contribution in [0.15, 0.2) is 437 Å². The van der Waals surface area contributed by atoms with Gasteiger partial charge in [-0.1, -0.05) is 273 Å². The Kier molecular flexibility index (Phi) is 16.9. The molecule has 6 heteroatoms. The second-order valence-electron chi connectivity index (χ2n) is 27.3. The van der Waals surface area contributed by atoms with Crippen molar-refractivity contribution in [2.75, 3.05) is 29.4 Å². The average Bonchev–Trinajstić information content (AvgIpc) is 0.757. The molecule has 0 spiro atoms. The Morgan fingerprint density at radius 1 is 0.102 bits per heavy atom. The number of fused-ring (bicyclic) bond motifs is 6. The van der Waals surface area contributed by atoms with Crippen LogP contribution >= 0.6 is 0 Å². The molecule has 0 bridgehead atoms. The Morgan fingerprint density at radius 3 is 0.426 bits per heavy atom. The van der Waals surface area contributed by atoms with E-state index in [1.165, 1.54) is 32.3 Å². The maximum atomic E-state index is 2.47. The zero-order valence-corrected chi connectivity index (χ0v) is 59.3. The van der Waals surface area contributed by atoms with Gasteiger partial charge in [0, 0.05) is 83.5 Å². The van der Waals surface area contributed by atoms with Gasteiger partial charge in [0.25, 0.3) is 0 Å². The lowest BCUT2D eigenvalue weighted by molar-refractivity contribution is 1.22. The van der Waals surface area contributed by atoms with Gasteiger partial charge in [0.15, 0.2) is 0 Å². The van der Waals surface area contributed by atoms with Gasteiger partial charge in [-0.2, -0.15) is 0 Å². The van der Waals surface area contributed by atoms with Crippen molar-refractivity contribution >= 4 is 167 Å². The summed E-state index contributed by atoms with van der Waals surface area (Å²) in [6.45, 7) is 0. The Hall–Kier alpha value is -14.5. The molecule has 19 rings (SSSR count). The lowest BCUT2D eigenvalue weighted by atomic mass is 10.0. The van der Waals surface area contributed by atoms with Crippen LogP contribution in [0.4, 0.5) is 102 Å². The van der Waals surface area contributed by atoms with Crippen molar-refractivity contribution in [2.45, 2.75) is 0 Å². The minimum Gasteiger partial charge on any atom is -0.310 e. The fourth-order valence-electron chi connectivity index (χ4n) is 15.9. The van der Waals surface area contributed by atoms with E-state index in [0.29, 0.717) is 0 Å². The lowest BCUT2D eigenvalue weighted by Crippen LogP contribution is -2.17. The molecule has 0 saturated heterocycles. The van der Waals surface area contributed by atoms with Gasteiger partial charge >= 0.3 is 0 Å². The van der Waals surface area contributed by atoms with Crippen molar-refractivity contribution in [3.63, 3.8) is 0 Å². The molecule has 0 atom stereocenters. The summed E-state index contributed by atoms with van der Waals surface area (Å²) in [5.74, 6) is 0. The fourth-order valence-corrected chi connectivity index (χ4v) is 15.9. The van der Waals surface area contributed by atoms with Gasteiger partial charge in [-0.15, -0.1) is 0 Å². The normalized spacial score (nSPS) is 11.3. The van der Waals surface area contributed by atoms with E-state index in [1.807, 2.05) is 0 Å². The van der Waals surface area contributed by atoms with Crippen LogP contribution in [0.25, 0.3) is 64.6 Å². The molecule has 0 aliphatic heterocycles. The van der Waals surface area contributed by atoms with Crippen LogP contribution in [0.1, 0.15) is 0 Å². The number of anilines is 18. The van der Waals surface area contributed by atoms with E-state index in [1.54, 1.807) is 0 Å². The predicted molar refractivity (Wildman–Crippen MR) is 460 cm³/mol. The monoisotopic (exact) mass is 1380 g/mol. The van der Waals surface area contributed by atoms with Crippen molar-refractivity contribution < 1.29 is 0 Å². The number of hydrogen-bond donors (Lipinski definition) is 0. The van der Waals surface area contributed by atoms with Gasteiger partial charge in [-0.25, -0.2) is 0 Å². The van der Waals surface area contributed by atoms with Crippen LogP contribution in [0, 0.1) is 0 Å². The molecule has 0 aliphatic carbocycles. The first-order valence-corrected chi connectivity index (χ1v) is 36.9. The van der Waals surface area contributed by atoms with Crippen molar-refractivity contribution in [3.05, 3.63) is 437 Å². The highest BCUT2D eigenvalue weighted by Gasteiger charge is 2.28. The first-order valence-electron chi connectivity index (χ1n) is 36.9. The highest BCUT2D eigenvalue weighted by Crippen LogP contribution is 2.52. The number of rotatable bonds is 18. The Balaban J connectivity index is 0.867. The molecule has 0 amide bonds. The Bertz CT molecular complexity index is 5800. The van der Waals surface area contributed by atoms with Gasteiger partial charge in [-0.05, 0) is 196 Å². The average molecular weight is 1380 g/mol. The summed E-state index contributed by atoms with van der Waals surface area (Å²) < 4.78 is 0. The van der Waals surface area contributed by atoms with Crippen LogP contribution in [0.3, 0.4) is 0 Å². The molecule has 0 aromatic heterocycles. The third-order valence-electron chi connectivity index (χ3n) is 20.8. The molecule has 108 heavy (non-hydrogen) atoms.